The second kappa shape index (κ2) is 5.87. The number of anilines is 1. The molecule has 1 aliphatic carbocycles. The Morgan fingerprint density at radius 2 is 2.21 bits per heavy atom. The van der Waals surface area contributed by atoms with Gasteiger partial charge < -0.3 is 10.5 Å². The van der Waals surface area contributed by atoms with Crippen LogP contribution in [0.15, 0.2) is 18.2 Å². The van der Waals surface area contributed by atoms with Crippen LogP contribution in [0.5, 0.6) is 0 Å². The van der Waals surface area contributed by atoms with Crippen molar-refractivity contribution in [3.63, 3.8) is 0 Å². The third-order valence-corrected chi connectivity index (χ3v) is 5.19. The van der Waals surface area contributed by atoms with E-state index in [4.69, 9.17) is 10.5 Å². The summed E-state index contributed by atoms with van der Waals surface area (Å²) in [5.74, 6) is 1.90. The largest absolute Gasteiger partial charge is 0.469 e. The zero-order valence-electron chi connectivity index (χ0n) is 11.6. The van der Waals surface area contributed by atoms with Gasteiger partial charge in [-0.1, -0.05) is 12.1 Å². The van der Waals surface area contributed by atoms with Gasteiger partial charge >= 0.3 is 5.97 Å². The molecule has 19 heavy (non-hydrogen) atoms. The van der Waals surface area contributed by atoms with Gasteiger partial charge in [0.2, 0.25) is 0 Å². The smallest absolute Gasteiger partial charge is 0.306 e. The molecule has 1 saturated carbocycles. The number of hydrogen-bond acceptors (Lipinski definition) is 4. The summed E-state index contributed by atoms with van der Waals surface area (Å²) in [5.41, 5.74) is 9.42. The minimum Gasteiger partial charge on any atom is -0.469 e. The molecule has 2 rings (SSSR count). The lowest BCUT2D eigenvalue weighted by Gasteiger charge is -2.14. The maximum atomic E-state index is 11.4. The lowest BCUT2D eigenvalue weighted by molar-refractivity contribution is -0.141. The van der Waals surface area contributed by atoms with E-state index in [0.717, 1.165) is 30.0 Å². The van der Waals surface area contributed by atoms with E-state index >= 15 is 0 Å². The number of methoxy groups -OCH3 is 1. The van der Waals surface area contributed by atoms with E-state index in [9.17, 15) is 4.79 Å². The number of benzene rings is 1. The molecule has 0 aromatic heterocycles. The average molecular weight is 279 g/mol. The van der Waals surface area contributed by atoms with E-state index in [0.29, 0.717) is 6.42 Å². The molecule has 0 atom stereocenters. The highest BCUT2D eigenvalue weighted by molar-refractivity contribution is 7.98. The Morgan fingerprint density at radius 1 is 1.47 bits per heavy atom. The summed E-state index contributed by atoms with van der Waals surface area (Å²) >= 11 is 1.89. The Labute approximate surface area is 118 Å². The predicted octanol–water partition coefficient (Wildman–Crippen LogP) is 3.15. The van der Waals surface area contributed by atoms with Crippen LogP contribution >= 0.6 is 11.8 Å². The van der Waals surface area contributed by atoms with Crippen LogP contribution in [0.25, 0.3) is 0 Å². The van der Waals surface area contributed by atoms with Crippen LogP contribution in [0.4, 0.5) is 5.69 Å². The van der Waals surface area contributed by atoms with Crippen LogP contribution in [-0.2, 0) is 15.3 Å². The first kappa shape index (κ1) is 14.3. The molecule has 0 heterocycles. The number of hydrogen-bond donors (Lipinski definition) is 1. The molecule has 0 amide bonds. The third-order valence-electron chi connectivity index (χ3n) is 3.86. The van der Waals surface area contributed by atoms with Gasteiger partial charge in [0.05, 0.1) is 13.5 Å². The molecule has 0 radical (unpaired) electrons. The lowest BCUT2D eigenvalue weighted by Crippen LogP contribution is -2.13. The van der Waals surface area contributed by atoms with Crippen molar-refractivity contribution in [2.45, 2.75) is 31.9 Å². The van der Waals surface area contributed by atoms with Crippen molar-refractivity contribution in [1.82, 2.24) is 0 Å². The fourth-order valence-corrected chi connectivity index (χ4v) is 3.62. The molecule has 1 aliphatic rings. The standard InChI is InChI=1S/C15H21NO2S/c1-11-12(4-3-5-13(11)16)9-19-10-15(6-7-15)8-14(17)18-2/h3-5H,6-10,16H2,1-2H3. The molecule has 104 valence electrons. The van der Waals surface area contributed by atoms with Crippen LogP contribution in [0, 0.1) is 12.3 Å². The highest BCUT2D eigenvalue weighted by Crippen LogP contribution is 2.51. The zero-order valence-corrected chi connectivity index (χ0v) is 12.4. The highest BCUT2D eigenvalue weighted by atomic mass is 32.2. The lowest BCUT2D eigenvalue weighted by atomic mass is 10.1. The van der Waals surface area contributed by atoms with Crippen molar-refractivity contribution in [2.24, 2.45) is 5.41 Å². The summed E-state index contributed by atoms with van der Waals surface area (Å²) in [6, 6.07) is 6.06. The SMILES string of the molecule is COC(=O)CC1(CSCc2cccc(N)c2C)CC1. The van der Waals surface area contributed by atoms with Crippen LogP contribution in [0.2, 0.25) is 0 Å². The van der Waals surface area contributed by atoms with Crippen molar-refractivity contribution in [3.8, 4) is 0 Å². The number of thioether (sulfide) groups is 1. The van der Waals surface area contributed by atoms with E-state index in [1.54, 1.807) is 0 Å². The van der Waals surface area contributed by atoms with E-state index in [-0.39, 0.29) is 11.4 Å². The molecule has 4 heteroatoms. The Balaban J connectivity index is 1.84. The molecule has 0 aliphatic heterocycles. The van der Waals surface area contributed by atoms with Gasteiger partial charge in [-0.15, -0.1) is 0 Å². The summed E-state index contributed by atoms with van der Waals surface area (Å²) < 4.78 is 4.76. The topological polar surface area (TPSA) is 52.3 Å². The molecule has 0 spiro atoms. The summed E-state index contributed by atoms with van der Waals surface area (Å²) in [6.45, 7) is 2.06. The zero-order chi connectivity index (χ0) is 13.9. The van der Waals surface area contributed by atoms with Crippen molar-refractivity contribution in [2.75, 3.05) is 18.6 Å². The predicted molar refractivity (Wildman–Crippen MR) is 80.1 cm³/mol. The number of carbonyl (C=O) groups is 1. The van der Waals surface area contributed by atoms with Gasteiger partial charge in [-0.3, -0.25) is 4.79 Å². The molecule has 0 saturated heterocycles. The Kier molecular flexibility index (Phi) is 4.40. The van der Waals surface area contributed by atoms with Crippen molar-refractivity contribution in [3.05, 3.63) is 29.3 Å². The Bertz CT molecular complexity index is 469. The number of nitrogen functional groups attached to an aromatic ring is 1. The number of carbonyl (C=O) groups excluding carboxylic acids is 1. The van der Waals surface area contributed by atoms with Gasteiger partial charge in [-0.05, 0) is 48.1 Å². The minimum atomic E-state index is -0.0850. The van der Waals surface area contributed by atoms with Gasteiger partial charge in [0.15, 0.2) is 0 Å². The van der Waals surface area contributed by atoms with Gasteiger partial charge in [0.1, 0.15) is 0 Å². The molecule has 3 nitrogen and oxygen atoms in total. The average Bonchev–Trinajstić information content (AvgIpc) is 3.14. The van der Waals surface area contributed by atoms with Gasteiger partial charge in [0, 0.05) is 11.4 Å². The van der Waals surface area contributed by atoms with Crippen LogP contribution in [0.3, 0.4) is 0 Å². The van der Waals surface area contributed by atoms with Gasteiger partial charge in [-0.25, -0.2) is 0 Å². The van der Waals surface area contributed by atoms with Gasteiger partial charge in [-0.2, -0.15) is 11.8 Å². The molecule has 1 aromatic rings. The Morgan fingerprint density at radius 3 is 2.84 bits per heavy atom. The normalized spacial score (nSPS) is 16.1. The molecule has 2 N–H and O–H groups in total. The van der Waals surface area contributed by atoms with Gasteiger partial charge in [0.25, 0.3) is 0 Å². The van der Waals surface area contributed by atoms with E-state index in [1.807, 2.05) is 23.9 Å². The molecule has 1 fully saturated rings. The van der Waals surface area contributed by atoms with E-state index in [1.165, 1.54) is 18.2 Å². The quantitative estimate of drug-likeness (QED) is 0.642. The molecule has 0 unspecified atom stereocenters. The molecule has 0 bridgehead atoms. The summed E-state index contributed by atoms with van der Waals surface area (Å²) in [4.78, 5) is 11.4. The monoisotopic (exact) mass is 279 g/mol. The van der Waals surface area contributed by atoms with Crippen molar-refractivity contribution >= 4 is 23.4 Å². The van der Waals surface area contributed by atoms with Crippen molar-refractivity contribution in [1.29, 1.82) is 0 Å². The highest BCUT2D eigenvalue weighted by Gasteiger charge is 2.44. The minimum absolute atomic E-state index is 0.0850. The van der Waals surface area contributed by atoms with Crippen LogP contribution in [0.1, 0.15) is 30.4 Å². The second-order valence-electron chi connectivity index (χ2n) is 5.38. The second-order valence-corrected chi connectivity index (χ2v) is 6.36. The maximum absolute atomic E-state index is 11.4. The van der Waals surface area contributed by atoms with Crippen LogP contribution in [-0.4, -0.2) is 18.8 Å². The number of ether oxygens (including phenoxy) is 1. The fraction of sp³-hybridized carbons (Fsp3) is 0.533. The summed E-state index contributed by atoms with van der Waals surface area (Å²) in [6.07, 6.45) is 2.85. The Hall–Kier alpha value is -1.16. The first-order valence-corrected chi connectivity index (χ1v) is 7.70. The van der Waals surface area contributed by atoms with E-state index < -0.39 is 0 Å². The number of nitrogens with two attached hydrogens (primary N) is 1. The summed E-state index contributed by atoms with van der Waals surface area (Å²) in [7, 11) is 1.46. The maximum Gasteiger partial charge on any atom is 0.306 e. The third kappa shape index (κ3) is 3.66. The first-order chi connectivity index (χ1) is 9.06. The van der Waals surface area contributed by atoms with Crippen molar-refractivity contribution < 1.29 is 9.53 Å². The van der Waals surface area contributed by atoms with E-state index in [2.05, 4.69) is 13.0 Å². The number of esters is 1. The molecular weight excluding hydrogens is 258 g/mol. The summed E-state index contributed by atoms with van der Waals surface area (Å²) in [5, 5.41) is 0. The molecule has 1 aromatic carbocycles. The fourth-order valence-electron chi connectivity index (χ4n) is 2.16. The molecular formula is C15H21NO2S. The van der Waals surface area contributed by atoms with Crippen LogP contribution < -0.4 is 5.73 Å². The first-order valence-electron chi connectivity index (χ1n) is 6.55. The number of rotatable bonds is 6.